The molecule has 0 radical (unpaired) electrons. The van der Waals surface area contributed by atoms with E-state index >= 15 is 0 Å². The van der Waals surface area contributed by atoms with E-state index in [4.69, 9.17) is 4.42 Å². The van der Waals surface area contributed by atoms with Crippen LogP contribution in [0.4, 0.5) is 5.69 Å². The van der Waals surface area contributed by atoms with Crippen molar-refractivity contribution in [3.8, 4) is 16.9 Å². The molecule has 6 nitrogen and oxygen atoms in total. The van der Waals surface area contributed by atoms with Crippen molar-refractivity contribution in [2.24, 2.45) is 0 Å². The van der Waals surface area contributed by atoms with Gasteiger partial charge in [-0.3, -0.25) is 10.1 Å². The van der Waals surface area contributed by atoms with Crippen LogP contribution in [0, 0.1) is 10.1 Å². The van der Waals surface area contributed by atoms with Crippen molar-refractivity contribution in [1.29, 1.82) is 0 Å². The summed E-state index contributed by atoms with van der Waals surface area (Å²) in [6.07, 6.45) is 0. The number of nitro benzene ring substituents is 1. The Hall–Kier alpha value is -3.15. The fraction of sp³-hybridized carbons (Fsp3) is 0. The van der Waals surface area contributed by atoms with Crippen molar-refractivity contribution >= 4 is 16.7 Å². The Morgan fingerprint density at radius 3 is 2.43 bits per heavy atom. The summed E-state index contributed by atoms with van der Waals surface area (Å²) in [5.74, 6) is 0.00809. The van der Waals surface area contributed by atoms with Crippen molar-refractivity contribution < 1.29 is 14.4 Å². The molecule has 0 unspecified atom stereocenters. The molecule has 0 saturated heterocycles. The lowest BCUT2D eigenvalue weighted by Crippen LogP contribution is -2.02. The molecular formula is C15H9NO5. The number of benzene rings is 2. The van der Waals surface area contributed by atoms with E-state index in [1.165, 1.54) is 36.4 Å². The summed E-state index contributed by atoms with van der Waals surface area (Å²) in [4.78, 5) is 22.1. The highest BCUT2D eigenvalue weighted by atomic mass is 16.6. The van der Waals surface area contributed by atoms with Crippen LogP contribution in [0.1, 0.15) is 0 Å². The molecule has 0 amide bonds. The first-order chi connectivity index (χ1) is 10.0. The summed E-state index contributed by atoms with van der Waals surface area (Å²) in [6, 6.07) is 11.8. The topological polar surface area (TPSA) is 93.6 Å². The van der Waals surface area contributed by atoms with E-state index in [9.17, 15) is 20.0 Å². The van der Waals surface area contributed by atoms with Crippen molar-refractivity contribution in [1.82, 2.24) is 0 Å². The highest BCUT2D eigenvalue weighted by Crippen LogP contribution is 2.25. The van der Waals surface area contributed by atoms with Crippen molar-refractivity contribution in [2.45, 2.75) is 0 Å². The average molecular weight is 283 g/mol. The minimum atomic E-state index is -0.568. The molecule has 0 atom stereocenters. The van der Waals surface area contributed by atoms with Gasteiger partial charge in [0.1, 0.15) is 11.3 Å². The van der Waals surface area contributed by atoms with E-state index in [1.54, 1.807) is 12.1 Å². The first-order valence-corrected chi connectivity index (χ1v) is 6.06. The van der Waals surface area contributed by atoms with Crippen molar-refractivity contribution in [3.05, 3.63) is 69.1 Å². The number of non-ortho nitro benzene ring substituents is 1. The zero-order chi connectivity index (χ0) is 15.0. The Bertz CT molecular complexity index is 896. The fourth-order valence-electron chi connectivity index (χ4n) is 2.06. The van der Waals surface area contributed by atoms with E-state index in [1.807, 2.05) is 0 Å². The zero-order valence-corrected chi connectivity index (χ0v) is 10.6. The van der Waals surface area contributed by atoms with Gasteiger partial charge < -0.3 is 9.52 Å². The third kappa shape index (κ3) is 2.34. The molecule has 1 heterocycles. The van der Waals surface area contributed by atoms with Crippen molar-refractivity contribution in [3.63, 3.8) is 0 Å². The monoisotopic (exact) mass is 283 g/mol. The number of rotatable bonds is 2. The molecule has 21 heavy (non-hydrogen) atoms. The van der Waals surface area contributed by atoms with E-state index in [2.05, 4.69) is 0 Å². The van der Waals surface area contributed by atoms with Crippen LogP contribution in [0.25, 0.3) is 22.1 Å². The minimum Gasteiger partial charge on any atom is -0.508 e. The van der Waals surface area contributed by atoms with Crippen LogP contribution in [0.3, 0.4) is 0 Å². The molecular weight excluding hydrogens is 274 g/mol. The molecule has 1 aromatic heterocycles. The van der Waals surface area contributed by atoms with Gasteiger partial charge in [-0.2, -0.15) is 0 Å². The van der Waals surface area contributed by atoms with Crippen LogP contribution in [-0.2, 0) is 0 Å². The smallest absolute Gasteiger partial charge is 0.344 e. The van der Waals surface area contributed by atoms with Crippen LogP contribution in [0.2, 0.25) is 0 Å². The number of nitro groups is 1. The van der Waals surface area contributed by atoms with Crippen molar-refractivity contribution in [2.75, 3.05) is 0 Å². The second kappa shape index (κ2) is 4.75. The molecule has 0 fully saturated rings. The lowest BCUT2D eigenvalue weighted by Gasteiger charge is -2.03. The predicted octanol–water partition coefficient (Wildman–Crippen LogP) is 3.07. The summed E-state index contributed by atoms with van der Waals surface area (Å²) in [5, 5.41) is 20.6. The molecule has 2 aromatic carbocycles. The predicted molar refractivity (Wildman–Crippen MR) is 76.2 cm³/mol. The van der Waals surface area contributed by atoms with Gasteiger partial charge >= 0.3 is 5.63 Å². The third-order valence-corrected chi connectivity index (χ3v) is 3.11. The van der Waals surface area contributed by atoms with Gasteiger partial charge in [-0.15, -0.1) is 0 Å². The Morgan fingerprint density at radius 2 is 1.76 bits per heavy atom. The molecule has 0 aliphatic carbocycles. The number of phenols is 1. The van der Waals surface area contributed by atoms with Gasteiger partial charge in [-0.05, 0) is 35.9 Å². The van der Waals surface area contributed by atoms with Gasteiger partial charge in [0.15, 0.2) is 0 Å². The Labute approximate surface area is 118 Å². The molecule has 1 N–H and O–H groups in total. The molecule has 3 rings (SSSR count). The second-order valence-electron chi connectivity index (χ2n) is 4.47. The summed E-state index contributed by atoms with van der Waals surface area (Å²) in [6.45, 7) is 0. The summed E-state index contributed by atoms with van der Waals surface area (Å²) in [7, 11) is 0. The summed E-state index contributed by atoms with van der Waals surface area (Å²) < 4.78 is 5.16. The van der Waals surface area contributed by atoms with Gasteiger partial charge in [-0.1, -0.05) is 0 Å². The first-order valence-electron chi connectivity index (χ1n) is 6.06. The number of hydrogen-bond acceptors (Lipinski definition) is 5. The Balaban J connectivity index is 2.15. The maximum atomic E-state index is 12.0. The van der Waals surface area contributed by atoms with Gasteiger partial charge in [0.25, 0.3) is 5.69 Å². The number of phenolic OH excluding ortho intramolecular Hbond substituents is 1. The molecule has 0 bridgehead atoms. The van der Waals surface area contributed by atoms with Gasteiger partial charge in [-0.25, -0.2) is 4.79 Å². The van der Waals surface area contributed by atoms with E-state index < -0.39 is 10.5 Å². The first kappa shape index (κ1) is 12.9. The van der Waals surface area contributed by atoms with Gasteiger partial charge in [0, 0.05) is 23.6 Å². The SMILES string of the molecule is O=c1oc2cc(O)ccc2cc1-c1ccc([N+](=O)[O-])cc1. The average Bonchev–Trinajstić information content (AvgIpc) is 2.46. The van der Waals surface area contributed by atoms with Crippen LogP contribution >= 0.6 is 0 Å². The number of nitrogens with zero attached hydrogens (tertiary/aromatic N) is 1. The highest BCUT2D eigenvalue weighted by molar-refractivity contribution is 5.82. The molecule has 0 spiro atoms. The maximum Gasteiger partial charge on any atom is 0.344 e. The molecule has 0 saturated carbocycles. The largest absolute Gasteiger partial charge is 0.508 e. The minimum absolute atomic E-state index is 0.00809. The number of fused-ring (bicyclic) bond motifs is 1. The summed E-state index contributed by atoms with van der Waals surface area (Å²) >= 11 is 0. The number of hydrogen-bond donors (Lipinski definition) is 1. The maximum absolute atomic E-state index is 12.0. The fourth-order valence-corrected chi connectivity index (χ4v) is 2.06. The Kier molecular flexibility index (Phi) is 2.91. The van der Waals surface area contributed by atoms with Gasteiger partial charge in [0.2, 0.25) is 0 Å². The van der Waals surface area contributed by atoms with Crippen LogP contribution < -0.4 is 5.63 Å². The molecule has 3 aromatic rings. The molecule has 0 aliphatic rings. The lowest BCUT2D eigenvalue weighted by molar-refractivity contribution is -0.384. The van der Waals surface area contributed by atoms with E-state index in [0.29, 0.717) is 16.5 Å². The van der Waals surface area contributed by atoms with Gasteiger partial charge in [0.05, 0.1) is 10.5 Å². The standard InChI is InChI=1S/C15H9NO5/c17-12-6-3-10-7-13(15(18)21-14(10)8-12)9-1-4-11(5-2-9)16(19)20/h1-8,17H. The quantitative estimate of drug-likeness (QED) is 0.443. The van der Waals surface area contributed by atoms with E-state index in [-0.39, 0.29) is 17.0 Å². The van der Waals surface area contributed by atoms with Crippen LogP contribution in [-0.4, -0.2) is 10.0 Å². The normalized spacial score (nSPS) is 10.7. The van der Waals surface area contributed by atoms with Crippen LogP contribution in [0.15, 0.2) is 57.7 Å². The van der Waals surface area contributed by atoms with Crippen LogP contribution in [0.5, 0.6) is 5.75 Å². The van der Waals surface area contributed by atoms with E-state index in [0.717, 1.165) is 0 Å². The Morgan fingerprint density at radius 1 is 1.05 bits per heavy atom. The summed E-state index contributed by atoms with van der Waals surface area (Å²) in [5.41, 5.74) is 0.508. The molecule has 0 aliphatic heterocycles. The third-order valence-electron chi connectivity index (χ3n) is 3.11. The molecule has 104 valence electrons. The lowest BCUT2D eigenvalue weighted by atomic mass is 10.1. The zero-order valence-electron chi connectivity index (χ0n) is 10.6. The highest BCUT2D eigenvalue weighted by Gasteiger charge is 2.10. The molecule has 6 heteroatoms. The second-order valence-corrected chi connectivity index (χ2v) is 4.47. The number of aromatic hydroxyl groups is 1.